The van der Waals surface area contributed by atoms with Crippen LogP contribution in [0.2, 0.25) is 5.02 Å². The van der Waals surface area contributed by atoms with Gasteiger partial charge in [0, 0.05) is 19.0 Å². The highest BCUT2D eigenvalue weighted by atomic mass is 35.5. The van der Waals surface area contributed by atoms with Crippen molar-refractivity contribution in [1.29, 1.82) is 0 Å². The van der Waals surface area contributed by atoms with Gasteiger partial charge in [-0.2, -0.15) is 13.2 Å². The number of carbonyl (C=O) groups excluding carboxylic acids is 1. The normalized spacial score (nSPS) is 16.3. The minimum Gasteiger partial charge on any atom is -0.444 e. The fourth-order valence-corrected chi connectivity index (χ4v) is 4.66. The molecule has 0 spiro atoms. The Labute approximate surface area is 155 Å². The highest BCUT2D eigenvalue weighted by molar-refractivity contribution is 7.91. The van der Waals surface area contributed by atoms with E-state index in [0.29, 0.717) is 12.1 Å². The maximum Gasteiger partial charge on any atom is 0.416 e. The zero-order valence-corrected chi connectivity index (χ0v) is 16.0. The van der Waals surface area contributed by atoms with E-state index in [2.05, 4.69) is 0 Å². The Kier molecular flexibility index (Phi) is 5.54. The monoisotopic (exact) mass is 413 g/mol. The maximum absolute atomic E-state index is 12.6. The summed E-state index contributed by atoms with van der Waals surface area (Å²) in [4.78, 5) is 12.9. The van der Waals surface area contributed by atoms with Crippen LogP contribution in [0.15, 0.2) is 23.1 Å². The van der Waals surface area contributed by atoms with E-state index in [-0.39, 0.29) is 29.7 Å². The molecule has 1 fully saturated rings. The molecule has 1 amide bonds. The van der Waals surface area contributed by atoms with Crippen molar-refractivity contribution >= 4 is 27.5 Å². The van der Waals surface area contributed by atoms with Gasteiger partial charge < -0.3 is 9.64 Å². The van der Waals surface area contributed by atoms with Crippen molar-refractivity contribution in [2.75, 3.05) is 18.8 Å². The smallest absolute Gasteiger partial charge is 0.416 e. The molecule has 146 valence electrons. The van der Waals surface area contributed by atoms with E-state index in [4.69, 9.17) is 16.3 Å². The third kappa shape index (κ3) is 5.03. The lowest BCUT2D eigenvalue weighted by Crippen LogP contribution is -2.53. The van der Waals surface area contributed by atoms with Crippen molar-refractivity contribution in [3.8, 4) is 0 Å². The number of halogens is 4. The molecule has 1 aromatic carbocycles. The van der Waals surface area contributed by atoms with Crippen LogP contribution in [0, 0.1) is 5.92 Å². The number of likely N-dealkylation sites (tertiary alicyclic amines) is 1. The van der Waals surface area contributed by atoms with Crippen LogP contribution in [0.1, 0.15) is 26.3 Å². The van der Waals surface area contributed by atoms with Crippen molar-refractivity contribution in [3.05, 3.63) is 28.8 Å². The molecule has 1 aromatic rings. The summed E-state index contributed by atoms with van der Waals surface area (Å²) in [6.07, 6.45) is -5.13. The highest BCUT2D eigenvalue weighted by Gasteiger charge is 2.38. The molecule has 0 unspecified atom stereocenters. The minimum atomic E-state index is -4.60. The molecule has 1 saturated heterocycles. The topological polar surface area (TPSA) is 63.7 Å². The van der Waals surface area contributed by atoms with E-state index in [0.717, 1.165) is 6.07 Å². The zero-order chi connectivity index (χ0) is 19.9. The lowest BCUT2D eigenvalue weighted by molar-refractivity contribution is -0.137. The van der Waals surface area contributed by atoms with E-state index in [1.165, 1.54) is 4.90 Å². The number of benzene rings is 1. The Morgan fingerprint density at radius 2 is 1.85 bits per heavy atom. The first-order valence-corrected chi connectivity index (χ1v) is 9.79. The molecule has 0 aromatic heterocycles. The van der Waals surface area contributed by atoms with Gasteiger partial charge in [-0.15, -0.1) is 0 Å². The molecule has 26 heavy (non-hydrogen) atoms. The summed E-state index contributed by atoms with van der Waals surface area (Å²) in [6, 6.07) is 2.15. The number of ether oxygens (including phenoxy) is 1. The standard InChI is InChI=1S/C16H19ClF3NO4S/c1-15(2,3)25-14(22)21-7-10(8-21)9-26(23,24)13-5-4-11(6-12(13)17)16(18,19)20/h4-6,10H,7-9H2,1-3H3. The van der Waals surface area contributed by atoms with E-state index >= 15 is 0 Å². The van der Waals surface area contributed by atoms with Gasteiger partial charge in [0.25, 0.3) is 0 Å². The fraction of sp³-hybridized carbons (Fsp3) is 0.562. The summed E-state index contributed by atoms with van der Waals surface area (Å²) in [5.41, 5.74) is -1.66. The summed E-state index contributed by atoms with van der Waals surface area (Å²) >= 11 is 5.75. The third-order valence-corrected chi connectivity index (χ3v) is 6.02. The Morgan fingerprint density at radius 3 is 2.31 bits per heavy atom. The van der Waals surface area contributed by atoms with Gasteiger partial charge >= 0.3 is 12.3 Å². The molecule has 0 atom stereocenters. The Bertz CT molecular complexity index is 797. The molecule has 10 heteroatoms. The first-order valence-electron chi connectivity index (χ1n) is 7.76. The third-order valence-electron chi connectivity index (χ3n) is 3.66. The summed E-state index contributed by atoms with van der Waals surface area (Å²) in [7, 11) is -3.88. The van der Waals surface area contributed by atoms with Gasteiger partial charge in [-0.25, -0.2) is 13.2 Å². The van der Waals surface area contributed by atoms with Crippen LogP contribution >= 0.6 is 11.6 Å². The summed E-state index contributed by atoms with van der Waals surface area (Å²) in [5.74, 6) is -0.636. The van der Waals surface area contributed by atoms with Crippen LogP contribution in [-0.4, -0.2) is 43.9 Å². The molecule has 0 bridgehead atoms. The van der Waals surface area contributed by atoms with Crippen LogP contribution in [-0.2, 0) is 20.8 Å². The second-order valence-corrected chi connectivity index (χ2v) is 9.59. The van der Waals surface area contributed by atoms with Crippen molar-refractivity contribution < 1.29 is 31.1 Å². The number of alkyl halides is 3. The van der Waals surface area contributed by atoms with Crippen LogP contribution < -0.4 is 0 Å². The van der Waals surface area contributed by atoms with Gasteiger partial charge in [0.15, 0.2) is 9.84 Å². The largest absolute Gasteiger partial charge is 0.444 e. The minimum absolute atomic E-state index is 0.201. The average Bonchev–Trinajstić information content (AvgIpc) is 2.38. The second-order valence-electron chi connectivity index (χ2n) is 7.18. The van der Waals surface area contributed by atoms with Crippen molar-refractivity contribution in [2.24, 2.45) is 5.92 Å². The molecular weight excluding hydrogens is 395 g/mol. The first kappa shape index (κ1) is 20.8. The van der Waals surface area contributed by atoms with Gasteiger partial charge in [0.2, 0.25) is 0 Å². The number of sulfone groups is 1. The summed E-state index contributed by atoms with van der Waals surface area (Å²) < 4.78 is 68.0. The van der Waals surface area contributed by atoms with E-state index in [1.807, 2.05) is 0 Å². The highest BCUT2D eigenvalue weighted by Crippen LogP contribution is 2.34. The molecule has 5 nitrogen and oxygen atoms in total. The van der Waals surface area contributed by atoms with Gasteiger partial charge in [-0.05, 0) is 39.0 Å². The number of rotatable bonds is 3. The predicted octanol–water partition coefficient (Wildman–Crippen LogP) is 4.00. The lowest BCUT2D eigenvalue weighted by Gasteiger charge is -2.39. The number of amides is 1. The lowest BCUT2D eigenvalue weighted by atomic mass is 10.0. The van der Waals surface area contributed by atoms with Gasteiger partial charge in [0.05, 0.1) is 21.2 Å². The number of hydrogen-bond acceptors (Lipinski definition) is 4. The van der Waals surface area contributed by atoms with E-state index in [1.54, 1.807) is 20.8 Å². The molecular formula is C16H19ClF3NO4S. The predicted molar refractivity (Wildman–Crippen MR) is 89.8 cm³/mol. The fourth-order valence-electron chi connectivity index (χ4n) is 2.48. The molecule has 1 aliphatic heterocycles. The van der Waals surface area contributed by atoms with Gasteiger partial charge in [-0.1, -0.05) is 11.6 Å². The van der Waals surface area contributed by atoms with Crippen LogP contribution in [0.5, 0.6) is 0 Å². The van der Waals surface area contributed by atoms with E-state index < -0.39 is 38.3 Å². The number of carbonyl (C=O) groups is 1. The maximum atomic E-state index is 12.6. The van der Waals surface area contributed by atoms with Crippen LogP contribution in [0.25, 0.3) is 0 Å². The summed E-state index contributed by atoms with van der Waals surface area (Å²) in [5, 5.41) is -0.469. The van der Waals surface area contributed by atoms with Gasteiger partial charge in [-0.3, -0.25) is 0 Å². The molecule has 0 aliphatic carbocycles. The van der Waals surface area contributed by atoms with Gasteiger partial charge in [0.1, 0.15) is 5.60 Å². The Morgan fingerprint density at radius 1 is 1.27 bits per heavy atom. The average molecular weight is 414 g/mol. The Balaban J connectivity index is 2.02. The van der Waals surface area contributed by atoms with E-state index in [9.17, 15) is 26.4 Å². The SMILES string of the molecule is CC(C)(C)OC(=O)N1CC(CS(=O)(=O)c2ccc(C(F)(F)F)cc2Cl)C1. The molecule has 2 rings (SSSR count). The van der Waals surface area contributed by atoms with Crippen molar-refractivity contribution in [3.63, 3.8) is 0 Å². The summed E-state index contributed by atoms with van der Waals surface area (Å²) in [6.45, 7) is 5.57. The van der Waals surface area contributed by atoms with Crippen molar-refractivity contribution in [1.82, 2.24) is 4.90 Å². The second kappa shape index (κ2) is 6.92. The van der Waals surface area contributed by atoms with Crippen molar-refractivity contribution in [2.45, 2.75) is 37.4 Å². The van der Waals surface area contributed by atoms with Crippen LogP contribution in [0.3, 0.4) is 0 Å². The zero-order valence-electron chi connectivity index (χ0n) is 14.4. The number of nitrogens with zero attached hydrogens (tertiary/aromatic N) is 1. The molecule has 0 N–H and O–H groups in total. The molecule has 0 saturated carbocycles. The van der Waals surface area contributed by atoms with Crippen LogP contribution in [0.4, 0.5) is 18.0 Å². The number of hydrogen-bond donors (Lipinski definition) is 0. The Hall–Kier alpha value is -1.48. The molecule has 1 aliphatic rings. The quantitative estimate of drug-likeness (QED) is 0.751. The molecule has 1 heterocycles. The first-order chi connectivity index (χ1) is 11.7. The molecule has 0 radical (unpaired) electrons.